The molecule has 0 saturated heterocycles. The number of hydrogen-bond acceptors (Lipinski definition) is 4. The average molecular weight is 577 g/mol. The summed E-state index contributed by atoms with van der Waals surface area (Å²) in [5, 5.41) is 3.30. The van der Waals surface area contributed by atoms with Gasteiger partial charge in [-0.25, -0.2) is 8.42 Å². The predicted molar refractivity (Wildman–Crippen MR) is 153 cm³/mol. The molecular weight excluding hydrogens is 545 g/mol. The molecule has 0 radical (unpaired) electrons. The first-order valence-electron chi connectivity index (χ1n) is 11.9. The first kappa shape index (κ1) is 29.5. The summed E-state index contributed by atoms with van der Waals surface area (Å²) in [7, 11) is -2.36. The number of halogens is 2. The molecule has 0 spiro atoms. The van der Waals surface area contributed by atoms with Crippen molar-refractivity contribution in [2.24, 2.45) is 0 Å². The molecule has 7 nitrogen and oxygen atoms in total. The molecular formula is C28H31Cl2N3O4S. The van der Waals surface area contributed by atoms with E-state index < -0.39 is 34.4 Å². The van der Waals surface area contributed by atoms with E-state index in [0.717, 1.165) is 21.7 Å². The second-order valence-electron chi connectivity index (χ2n) is 9.10. The zero-order chi connectivity index (χ0) is 28.0. The van der Waals surface area contributed by atoms with Gasteiger partial charge >= 0.3 is 0 Å². The molecule has 0 fully saturated rings. The minimum absolute atomic E-state index is 0.0905. The lowest BCUT2D eigenvalue weighted by molar-refractivity contribution is -0.139. The minimum atomic E-state index is -3.85. The van der Waals surface area contributed by atoms with Gasteiger partial charge in [-0.3, -0.25) is 13.9 Å². The maximum Gasteiger partial charge on any atom is 0.244 e. The molecule has 10 heteroatoms. The van der Waals surface area contributed by atoms with Crippen LogP contribution in [0.25, 0.3) is 0 Å². The van der Waals surface area contributed by atoms with Crippen LogP contribution in [0.3, 0.4) is 0 Å². The van der Waals surface area contributed by atoms with E-state index in [0.29, 0.717) is 26.9 Å². The Morgan fingerprint density at radius 3 is 2.13 bits per heavy atom. The first-order valence-corrected chi connectivity index (χ1v) is 14.6. The van der Waals surface area contributed by atoms with E-state index in [9.17, 15) is 18.0 Å². The van der Waals surface area contributed by atoms with Crippen molar-refractivity contribution in [3.63, 3.8) is 0 Å². The highest BCUT2D eigenvalue weighted by molar-refractivity contribution is 7.92. The summed E-state index contributed by atoms with van der Waals surface area (Å²) in [6.45, 7) is 3.09. The fourth-order valence-electron chi connectivity index (χ4n) is 4.25. The summed E-state index contributed by atoms with van der Waals surface area (Å²) in [5.41, 5.74) is 3.35. The molecule has 0 heterocycles. The highest BCUT2D eigenvalue weighted by Crippen LogP contribution is 2.28. The summed E-state index contributed by atoms with van der Waals surface area (Å²) < 4.78 is 26.8. The predicted octanol–water partition coefficient (Wildman–Crippen LogP) is 4.76. The molecule has 0 aliphatic heterocycles. The van der Waals surface area contributed by atoms with Gasteiger partial charge in [0.05, 0.1) is 11.9 Å². The van der Waals surface area contributed by atoms with E-state index in [1.54, 1.807) is 37.3 Å². The number of hydrogen-bond donors (Lipinski definition) is 1. The lowest BCUT2D eigenvalue weighted by Crippen LogP contribution is -2.53. The SMILES string of the molecule is CNC(=O)C(Cc1ccccc1)N(Cc1c(Cl)cccc1Cl)C(=O)CN(c1ccc(C)cc1C)S(C)(=O)=O. The van der Waals surface area contributed by atoms with Gasteiger partial charge in [0.15, 0.2) is 0 Å². The Bertz CT molecular complexity index is 1390. The van der Waals surface area contributed by atoms with Crippen LogP contribution in [0.5, 0.6) is 0 Å². The summed E-state index contributed by atoms with van der Waals surface area (Å²) in [6.07, 6.45) is 1.26. The molecule has 1 atom stereocenters. The zero-order valence-electron chi connectivity index (χ0n) is 21.7. The van der Waals surface area contributed by atoms with Crippen LogP contribution in [-0.2, 0) is 32.6 Å². The van der Waals surface area contributed by atoms with E-state index in [4.69, 9.17) is 23.2 Å². The van der Waals surface area contributed by atoms with Crippen LogP contribution < -0.4 is 9.62 Å². The third-order valence-electron chi connectivity index (χ3n) is 6.21. The fourth-order valence-corrected chi connectivity index (χ4v) is 5.68. The Morgan fingerprint density at radius 1 is 0.947 bits per heavy atom. The molecule has 0 aliphatic rings. The van der Waals surface area contributed by atoms with Crippen LogP contribution in [0.15, 0.2) is 66.7 Å². The van der Waals surface area contributed by atoms with Crippen LogP contribution in [0.2, 0.25) is 10.0 Å². The largest absolute Gasteiger partial charge is 0.357 e. The second-order valence-corrected chi connectivity index (χ2v) is 11.8. The monoisotopic (exact) mass is 575 g/mol. The molecule has 0 aliphatic carbocycles. The van der Waals surface area contributed by atoms with Gasteiger partial charge in [0, 0.05) is 35.6 Å². The van der Waals surface area contributed by atoms with Crippen molar-refractivity contribution in [2.75, 3.05) is 24.2 Å². The lowest BCUT2D eigenvalue weighted by Gasteiger charge is -2.34. The van der Waals surface area contributed by atoms with Crippen LogP contribution >= 0.6 is 23.2 Å². The standard InChI is InChI=1S/C28H31Cl2N3O4S/c1-19-13-14-25(20(2)15-19)33(38(4,36)37)18-27(34)32(17-22-23(29)11-8-12-24(22)30)26(28(35)31-3)16-21-9-6-5-7-10-21/h5-15,26H,16-18H2,1-4H3,(H,31,35). The maximum atomic E-state index is 14.0. The molecule has 0 aromatic heterocycles. The lowest BCUT2D eigenvalue weighted by atomic mass is 10.0. The van der Waals surface area contributed by atoms with Gasteiger partial charge in [-0.15, -0.1) is 0 Å². The van der Waals surface area contributed by atoms with Crippen LogP contribution in [0.1, 0.15) is 22.3 Å². The minimum Gasteiger partial charge on any atom is -0.357 e. The average Bonchev–Trinajstić information content (AvgIpc) is 2.86. The molecule has 3 rings (SSSR count). The van der Waals surface area contributed by atoms with Crippen LogP contribution in [0.4, 0.5) is 5.69 Å². The van der Waals surface area contributed by atoms with Crippen molar-refractivity contribution >= 4 is 50.7 Å². The molecule has 3 aromatic carbocycles. The van der Waals surface area contributed by atoms with Gasteiger partial charge in [0.25, 0.3) is 0 Å². The smallest absolute Gasteiger partial charge is 0.244 e. The molecule has 38 heavy (non-hydrogen) atoms. The van der Waals surface area contributed by atoms with Crippen molar-refractivity contribution in [1.29, 1.82) is 0 Å². The normalized spacial score (nSPS) is 12.1. The third-order valence-corrected chi connectivity index (χ3v) is 8.04. The van der Waals surface area contributed by atoms with E-state index in [1.165, 1.54) is 11.9 Å². The van der Waals surface area contributed by atoms with E-state index in [1.807, 2.05) is 43.3 Å². The highest BCUT2D eigenvalue weighted by atomic mass is 35.5. The van der Waals surface area contributed by atoms with Gasteiger partial charge in [0.2, 0.25) is 21.8 Å². The second kappa shape index (κ2) is 12.7. The van der Waals surface area contributed by atoms with Crippen molar-refractivity contribution in [3.05, 3.63) is 99.0 Å². The molecule has 0 bridgehead atoms. The number of carbonyl (C=O) groups is 2. The first-order chi connectivity index (χ1) is 17.9. The molecule has 0 saturated carbocycles. The number of aryl methyl sites for hydroxylation is 2. The number of likely N-dealkylation sites (N-methyl/N-ethyl adjacent to an activating group) is 1. The van der Waals surface area contributed by atoms with Crippen LogP contribution in [-0.4, -0.2) is 51.0 Å². The molecule has 1 unspecified atom stereocenters. The van der Waals surface area contributed by atoms with Crippen LogP contribution in [0, 0.1) is 13.8 Å². The number of rotatable bonds is 10. The Hall–Kier alpha value is -3.07. The number of nitrogens with zero attached hydrogens (tertiary/aromatic N) is 2. The Labute approximate surface area is 234 Å². The summed E-state index contributed by atoms with van der Waals surface area (Å²) >= 11 is 12.9. The van der Waals surface area contributed by atoms with Crippen molar-refractivity contribution in [3.8, 4) is 0 Å². The Balaban J connectivity index is 2.09. The number of sulfonamides is 1. The number of benzene rings is 3. The topological polar surface area (TPSA) is 86.8 Å². The quantitative estimate of drug-likeness (QED) is 0.377. The van der Waals surface area contributed by atoms with E-state index in [2.05, 4.69) is 5.32 Å². The van der Waals surface area contributed by atoms with Crippen molar-refractivity contribution in [2.45, 2.75) is 32.9 Å². The third kappa shape index (κ3) is 7.28. The van der Waals surface area contributed by atoms with Gasteiger partial charge in [0.1, 0.15) is 12.6 Å². The molecule has 2 amide bonds. The number of carbonyl (C=O) groups excluding carboxylic acids is 2. The summed E-state index contributed by atoms with van der Waals surface area (Å²) in [5.74, 6) is -0.973. The maximum absolute atomic E-state index is 14.0. The summed E-state index contributed by atoms with van der Waals surface area (Å²) in [6, 6.07) is 18.6. The Kier molecular flexibility index (Phi) is 9.82. The van der Waals surface area contributed by atoms with Gasteiger partial charge in [-0.1, -0.05) is 77.3 Å². The number of nitrogens with one attached hydrogen (secondary N) is 1. The fraction of sp³-hybridized carbons (Fsp3) is 0.286. The zero-order valence-corrected chi connectivity index (χ0v) is 24.1. The highest BCUT2D eigenvalue weighted by Gasteiger charge is 2.33. The van der Waals surface area contributed by atoms with Crippen molar-refractivity contribution in [1.82, 2.24) is 10.2 Å². The van der Waals surface area contributed by atoms with Crippen molar-refractivity contribution < 1.29 is 18.0 Å². The van der Waals surface area contributed by atoms with Gasteiger partial charge in [-0.05, 0) is 43.2 Å². The molecule has 202 valence electrons. The summed E-state index contributed by atoms with van der Waals surface area (Å²) in [4.78, 5) is 28.5. The van der Waals surface area contributed by atoms with Gasteiger partial charge in [-0.2, -0.15) is 0 Å². The number of amides is 2. The molecule has 3 aromatic rings. The van der Waals surface area contributed by atoms with Gasteiger partial charge < -0.3 is 10.2 Å². The Morgan fingerprint density at radius 2 is 1.58 bits per heavy atom. The number of anilines is 1. The molecule has 1 N–H and O–H groups in total. The van der Waals surface area contributed by atoms with E-state index in [-0.39, 0.29) is 13.0 Å². The van der Waals surface area contributed by atoms with E-state index >= 15 is 0 Å².